The smallest absolute Gasteiger partial charge is 0.305 e. The molecule has 4 N–H and O–H groups in total. The van der Waals surface area contributed by atoms with Crippen molar-refractivity contribution >= 4 is 59.8 Å². The molecule has 0 spiro atoms. The lowest BCUT2D eigenvalue weighted by atomic mass is 9.86. The van der Waals surface area contributed by atoms with Gasteiger partial charge >= 0.3 is 4.87 Å². The predicted molar refractivity (Wildman–Crippen MR) is 132 cm³/mol. The van der Waals surface area contributed by atoms with E-state index in [1.807, 2.05) is 18.2 Å². The molecule has 0 radical (unpaired) electrons. The summed E-state index contributed by atoms with van der Waals surface area (Å²) >= 11 is 1.15. The fourth-order valence-corrected chi connectivity index (χ4v) is 5.85. The van der Waals surface area contributed by atoms with Crippen molar-refractivity contribution in [2.75, 3.05) is 23.9 Å². The number of anilines is 2. The lowest BCUT2D eigenvalue weighted by Crippen LogP contribution is -2.35. The van der Waals surface area contributed by atoms with Gasteiger partial charge in [-0.05, 0) is 49.4 Å². The topological polar surface area (TPSA) is 150 Å². The Morgan fingerprint density at radius 3 is 2.94 bits per heavy atom. The van der Waals surface area contributed by atoms with Gasteiger partial charge in [0, 0.05) is 30.1 Å². The number of rotatable bonds is 7. The first kappa shape index (κ1) is 22.5. The van der Waals surface area contributed by atoms with Gasteiger partial charge in [-0.3, -0.25) is 9.59 Å². The van der Waals surface area contributed by atoms with E-state index in [0.29, 0.717) is 37.3 Å². The van der Waals surface area contributed by atoms with Crippen LogP contribution in [0.4, 0.5) is 11.5 Å². The summed E-state index contributed by atoms with van der Waals surface area (Å²) < 4.78 is 23.4. The molecule has 0 saturated carbocycles. The van der Waals surface area contributed by atoms with Gasteiger partial charge in [0.25, 0.3) is 0 Å². The molecule has 0 aliphatic heterocycles. The summed E-state index contributed by atoms with van der Waals surface area (Å²) in [7, 11) is -3.04. The molecule has 1 aliphatic rings. The zero-order chi connectivity index (χ0) is 23.9. The molecule has 1 aromatic carbocycles. The Bertz CT molecular complexity index is 1550. The molecule has 12 heteroatoms. The Kier molecular flexibility index (Phi) is 5.86. The van der Waals surface area contributed by atoms with Crippen molar-refractivity contribution in [1.82, 2.24) is 25.3 Å². The van der Waals surface area contributed by atoms with Crippen molar-refractivity contribution in [3.63, 3.8) is 0 Å². The molecular weight excluding hydrogens is 476 g/mol. The average Bonchev–Trinajstić information content (AvgIpc) is 3.34. The molecule has 5 rings (SSSR count). The van der Waals surface area contributed by atoms with Gasteiger partial charge in [-0.1, -0.05) is 11.3 Å². The first-order chi connectivity index (χ1) is 16.3. The van der Waals surface area contributed by atoms with Gasteiger partial charge in [0.2, 0.25) is 5.91 Å². The molecule has 10 nitrogen and oxygen atoms in total. The highest BCUT2D eigenvalue weighted by atomic mass is 32.2. The monoisotopic (exact) mass is 500 g/mol. The second kappa shape index (κ2) is 8.84. The summed E-state index contributed by atoms with van der Waals surface area (Å²) in [5.41, 5.74) is 4.38. The second-order valence-corrected chi connectivity index (χ2v) is 11.9. The highest BCUT2D eigenvalue weighted by Crippen LogP contribution is 2.35. The Hall–Kier alpha value is -3.25. The van der Waals surface area contributed by atoms with Crippen LogP contribution < -0.4 is 15.5 Å². The largest absolute Gasteiger partial charge is 0.356 e. The molecule has 0 saturated heterocycles. The molecule has 1 aliphatic carbocycles. The van der Waals surface area contributed by atoms with Crippen molar-refractivity contribution in [2.24, 2.45) is 5.92 Å². The summed E-state index contributed by atoms with van der Waals surface area (Å²) in [5, 5.41) is 7.08. The van der Waals surface area contributed by atoms with Gasteiger partial charge < -0.3 is 20.6 Å². The number of carbonyl (C=O) groups is 1. The van der Waals surface area contributed by atoms with Crippen molar-refractivity contribution in [3.8, 4) is 0 Å². The number of amides is 1. The molecule has 178 valence electrons. The maximum absolute atomic E-state index is 12.7. The van der Waals surface area contributed by atoms with Crippen molar-refractivity contribution in [3.05, 3.63) is 45.5 Å². The van der Waals surface area contributed by atoms with Gasteiger partial charge in [-0.2, -0.15) is 0 Å². The number of nitrogens with one attached hydrogen (secondary N) is 4. The van der Waals surface area contributed by atoms with Crippen LogP contribution in [0, 0.1) is 5.92 Å². The van der Waals surface area contributed by atoms with Gasteiger partial charge in [-0.15, -0.1) is 0 Å². The number of fused-ring (bicyclic) bond motifs is 4. The number of aryl methyl sites for hydroxylation is 1. The van der Waals surface area contributed by atoms with Gasteiger partial charge in [-0.25, -0.2) is 18.4 Å². The number of carbonyl (C=O) groups excluding carboxylic acids is 1. The van der Waals surface area contributed by atoms with E-state index in [0.717, 1.165) is 50.3 Å². The Morgan fingerprint density at radius 1 is 1.26 bits per heavy atom. The zero-order valence-corrected chi connectivity index (χ0v) is 20.1. The number of H-pyrrole nitrogens is 2. The van der Waals surface area contributed by atoms with E-state index in [1.54, 1.807) is 0 Å². The number of thiazole rings is 1. The summed E-state index contributed by atoms with van der Waals surface area (Å²) in [4.78, 5) is 39.3. The summed E-state index contributed by atoms with van der Waals surface area (Å²) in [6.07, 6.45) is 5.06. The van der Waals surface area contributed by atoms with Crippen molar-refractivity contribution in [1.29, 1.82) is 0 Å². The second-order valence-electron chi connectivity index (χ2n) is 8.59. The van der Waals surface area contributed by atoms with Crippen molar-refractivity contribution < 1.29 is 13.2 Å². The van der Waals surface area contributed by atoms with Crippen LogP contribution in [0.2, 0.25) is 0 Å². The number of aromatic amines is 2. The Morgan fingerprint density at radius 2 is 2.12 bits per heavy atom. The minimum Gasteiger partial charge on any atom is -0.356 e. The standard InChI is InChI=1S/C22H24N6O4S2/c1-34(31,32)8-2-7-23-21(29)12-3-5-15-14(9-12)18-19(24-11-25-20(18)27-15)26-13-4-6-16-17(10-13)33-22(30)28-16/h4,6,10-12H,2-3,5,7-9H2,1H3,(H,23,29)(H,28,30)(H2,24,25,26,27)/t12-/m0/s1. The Labute approximate surface area is 199 Å². The van der Waals surface area contributed by atoms with E-state index >= 15 is 0 Å². The molecule has 4 aromatic rings. The fraction of sp³-hybridized carbons (Fsp3) is 0.364. The predicted octanol–water partition coefficient (Wildman–Crippen LogP) is 2.26. The summed E-state index contributed by atoms with van der Waals surface area (Å²) in [5.74, 6) is 0.431. The highest BCUT2D eigenvalue weighted by molar-refractivity contribution is 7.90. The van der Waals surface area contributed by atoms with Crippen LogP contribution in [-0.4, -0.2) is 52.8 Å². The molecule has 0 fully saturated rings. The zero-order valence-electron chi connectivity index (χ0n) is 18.5. The van der Waals surface area contributed by atoms with Gasteiger partial charge in [0.15, 0.2) is 0 Å². The number of aromatic nitrogens is 4. The number of hydrogen-bond donors (Lipinski definition) is 4. The van der Waals surface area contributed by atoms with Crippen LogP contribution in [0.25, 0.3) is 21.3 Å². The van der Waals surface area contributed by atoms with Crippen LogP contribution >= 0.6 is 11.3 Å². The van der Waals surface area contributed by atoms with Gasteiger partial charge in [0.1, 0.15) is 27.6 Å². The van der Waals surface area contributed by atoms with E-state index in [1.165, 1.54) is 12.6 Å². The number of nitrogens with zero attached hydrogens (tertiary/aromatic N) is 2. The Balaban J connectivity index is 1.37. The first-order valence-corrected chi connectivity index (χ1v) is 13.8. The van der Waals surface area contributed by atoms with Crippen LogP contribution in [0.15, 0.2) is 29.3 Å². The maximum Gasteiger partial charge on any atom is 0.305 e. The summed E-state index contributed by atoms with van der Waals surface area (Å²) in [6.45, 7) is 0.340. The minimum absolute atomic E-state index is 0.0579. The number of hydrogen-bond acceptors (Lipinski definition) is 8. The van der Waals surface area contributed by atoms with E-state index in [-0.39, 0.29) is 22.5 Å². The molecular formula is C22H24N6O4S2. The average molecular weight is 501 g/mol. The van der Waals surface area contributed by atoms with E-state index < -0.39 is 9.84 Å². The fourth-order valence-electron chi connectivity index (χ4n) is 4.41. The third-order valence-electron chi connectivity index (χ3n) is 6.02. The van der Waals surface area contributed by atoms with Crippen molar-refractivity contribution in [2.45, 2.75) is 25.7 Å². The molecule has 3 heterocycles. The minimum atomic E-state index is -3.04. The lowest BCUT2D eigenvalue weighted by Gasteiger charge is -2.22. The van der Waals surface area contributed by atoms with E-state index in [9.17, 15) is 18.0 Å². The third-order valence-corrected chi connectivity index (χ3v) is 7.90. The summed E-state index contributed by atoms with van der Waals surface area (Å²) in [6, 6.07) is 5.63. The SMILES string of the molecule is CS(=O)(=O)CCCNC(=O)[C@H]1CCc2[nH]c3ncnc(Nc4ccc5[nH]c(=O)sc5c4)c3c2C1. The third kappa shape index (κ3) is 4.68. The molecule has 1 atom stereocenters. The highest BCUT2D eigenvalue weighted by Gasteiger charge is 2.29. The number of sulfone groups is 1. The van der Waals surface area contributed by atoms with E-state index in [2.05, 4.69) is 30.6 Å². The molecule has 3 aromatic heterocycles. The van der Waals surface area contributed by atoms with Crippen LogP contribution in [0.1, 0.15) is 24.1 Å². The quantitative estimate of drug-likeness (QED) is 0.284. The molecule has 1 amide bonds. The maximum atomic E-state index is 12.7. The lowest BCUT2D eigenvalue weighted by molar-refractivity contribution is -0.125. The van der Waals surface area contributed by atoms with Crippen LogP contribution in [0.5, 0.6) is 0 Å². The van der Waals surface area contributed by atoms with Crippen LogP contribution in [0.3, 0.4) is 0 Å². The van der Waals surface area contributed by atoms with E-state index in [4.69, 9.17) is 0 Å². The first-order valence-electron chi connectivity index (χ1n) is 11.0. The molecule has 0 unspecified atom stereocenters. The molecule has 0 bridgehead atoms. The normalized spacial score (nSPS) is 16.0. The van der Waals surface area contributed by atoms with Gasteiger partial charge in [0.05, 0.1) is 21.4 Å². The molecule has 34 heavy (non-hydrogen) atoms. The number of benzene rings is 1. The van der Waals surface area contributed by atoms with Crippen LogP contribution in [-0.2, 0) is 27.5 Å².